The first kappa shape index (κ1) is 20.0. The van der Waals surface area contributed by atoms with Gasteiger partial charge >= 0.3 is 0 Å². The fourth-order valence-electron chi connectivity index (χ4n) is 3.10. The lowest BCUT2D eigenvalue weighted by Gasteiger charge is -2.13. The number of imidazole rings is 1. The Hall–Kier alpha value is -3.26. The van der Waals surface area contributed by atoms with Crippen molar-refractivity contribution in [2.24, 2.45) is 0 Å². The molecule has 0 atom stereocenters. The van der Waals surface area contributed by atoms with E-state index in [2.05, 4.69) is 36.2 Å². The normalized spacial score (nSPS) is 10.9. The minimum absolute atomic E-state index is 0.0333. The van der Waals surface area contributed by atoms with E-state index in [9.17, 15) is 13.9 Å². The van der Waals surface area contributed by atoms with Crippen LogP contribution < -0.4 is 5.32 Å². The zero-order valence-electron chi connectivity index (χ0n) is 15.7. The van der Waals surface area contributed by atoms with Gasteiger partial charge in [0.2, 0.25) is 0 Å². The van der Waals surface area contributed by atoms with Crippen LogP contribution in [0.3, 0.4) is 0 Å². The van der Waals surface area contributed by atoms with Gasteiger partial charge in [0, 0.05) is 40.5 Å². The number of rotatable bonds is 6. The maximum atomic E-state index is 14.5. The van der Waals surface area contributed by atoms with E-state index in [0.29, 0.717) is 35.6 Å². The largest absolute Gasteiger partial charge is 0.507 e. The zero-order valence-corrected chi connectivity index (χ0v) is 17.2. The summed E-state index contributed by atoms with van der Waals surface area (Å²) < 4.78 is 29.0. The molecule has 0 spiro atoms. The maximum absolute atomic E-state index is 14.5. The Balaban J connectivity index is 1.75. The Kier molecular flexibility index (Phi) is 5.76. The molecule has 0 radical (unpaired) electrons. The number of aromatic nitrogens is 3. The van der Waals surface area contributed by atoms with Crippen LogP contribution in [0.1, 0.15) is 5.69 Å². The molecule has 2 aromatic heterocycles. The van der Waals surface area contributed by atoms with Gasteiger partial charge < -0.3 is 15.4 Å². The Morgan fingerprint density at radius 3 is 2.73 bits per heavy atom. The van der Waals surface area contributed by atoms with Gasteiger partial charge in [0.1, 0.15) is 11.6 Å². The number of aromatic amines is 1. The minimum Gasteiger partial charge on any atom is -0.507 e. The van der Waals surface area contributed by atoms with Gasteiger partial charge in [-0.25, -0.2) is 18.7 Å². The highest BCUT2D eigenvalue weighted by Gasteiger charge is 2.15. The number of phenolic OH excluding ortho intramolecular Hbond substituents is 1. The van der Waals surface area contributed by atoms with Gasteiger partial charge in [0.05, 0.1) is 12.0 Å². The first-order chi connectivity index (χ1) is 14.5. The summed E-state index contributed by atoms with van der Waals surface area (Å²) in [5.41, 5.74) is 2.42. The highest BCUT2D eigenvalue weighted by molar-refractivity contribution is 9.10. The molecule has 4 rings (SSSR count). The van der Waals surface area contributed by atoms with Crippen LogP contribution in [0.25, 0.3) is 22.4 Å². The monoisotopic (exact) mass is 470 g/mol. The molecule has 0 aliphatic heterocycles. The smallest absolute Gasteiger partial charge is 0.166 e. The zero-order chi connectivity index (χ0) is 21.1. The molecule has 0 saturated heterocycles. The lowest BCUT2D eigenvalue weighted by Crippen LogP contribution is -2.07. The van der Waals surface area contributed by atoms with E-state index in [1.165, 1.54) is 12.1 Å². The Morgan fingerprint density at radius 1 is 1.07 bits per heavy atom. The number of pyridine rings is 1. The average Bonchev–Trinajstić information content (AvgIpc) is 3.25. The number of nitrogens with zero attached hydrogens (tertiary/aromatic N) is 2. The van der Waals surface area contributed by atoms with Crippen LogP contribution in [0, 0.1) is 11.6 Å². The average molecular weight is 471 g/mol. The Bertz CT molecular complexity index is 1160. The molecule has 2 heterocycles. The highest BCUT2D eigenvalue weighted by atomic mass is 79.9. The second kappa shape index (κ2) is 8.62. The number of hydrogen-bond acceptors (Lipinski definition) is 4. The number of phenols is 1. The van der Waals surface area contributed by atoms with E-state index in [-0.39, 0.29) is 11.3 Å². The van der Waals surface area contributed by atoms with Crippen molar-refractivity contribution < 1.29 is 13.9 Å². The molecular formula is C22H17BrF2N4O. The van der Waals surface area contributed by atoms with Crippen LogP contribution in [0.4, 0.5) is 14.6 Å². The second-order valence-corrected chi connectivity index (χ2v) is 7.56. The maximum Gasteiger partial charge on any atom is 0.166 e. The Labute approximate surface area is 180 Å². The van der Waals surface area contributed by atoms with Crippen LogP contribution in [0.15, 0.2) is 65.5 Å². The molecule has 0 amide bonds. The van der Waals surface area contributed by atoms with Crippen molar-refractivity contribution in [1.82, 2.24) is 15.0 Å². The third-order valence-electron chi connectivity index (χ3n) is 4.58. The van der Waals surface area contributed by atoms with Crippen molar-refractivity contribution >= 4 is 21.7 Å². The van der Waals surface area contributed by atoms with Gasteiger partial charge in [-0.15, -0.1) is 0 Å². The molecule has 8 heteroatoms. The third kappa shape index (κ3) is 4.33. The van der Waals surface area contributed by atoms with Crippen molar-refractivity contribution in [3.05, 3.63) is 82.9 Å². The molecule has 0 aliphatic carbocycles. The van der Waals surface area contributed by atoms with E-state index in [1.54, 1.807) is 42.9 Å². The quantitative estimate of drug-likeness (QED) is 0.345. The second-order valence-electron chi connectivity index (χ2n) is 6.64. The lowest BCUT2D eigenvalue weighted by molar-refractivity contribution is 0.477. The summed E-state index contributed by atoms with van der Waals surface area (Å²) in [6, 6.07) is 12.3. The van der Waals surface area contributed by atoms with Crippen LogP contribution in [-0.2, 0) is 6.42 Å². The molecule has 3 N–H and O–H groups in total. The van der Waals surface area contributed by atoms with Gasteiger partial charge in [-0.05, 0) is 42.0 Å². The number of anilines is 1. The molecule has 0 unspecified atom stereocenters. The molecule has 0 aliphatic rings. The molecule has 5 nitrogen and oxygen atoms in total. The molecular weight excluding hydrogens is 454 g/mol. The number of hydrogen-bond donors (Lipinski definition) is 3. The first-order valence-electron chi connectivity index (χ1n) is 9.18. The summed E-state index contributed by atoms with van der Waals surface area (Å²) in [5, 5.41) is 13.5. The van der Waals surface area contributed by atoms with E-state index in [1.807, 2.05) is 0 Å². The van der Waals surface area contributed by atoms with E-state index in [4.69, 9.17) is 0 Å². The standard InChI is InChI=1S/C22H17BrF2N4O/c23-14-4-5-20(30)17(10-14)19-8-13(16-2-1-3-18(24)22(16)25)9-21(29-19)27-7-6-15-11-26-12-28-15/h1-5,8-12,30H,6-7H2,(H,26,28)(H,27,29). The summed E-state index contributed by atoms with van der Waals surface area (Å²) in [6.45, 7) is 0.550. The topological polar surface area (TPSA) is 73.8 Å². The lowest BCUT2D eigenvalue weighted by atomic mass is 10.0. The van der Waals surface area contributed by atoms with Gasteiger partial charge in [-0.3, -0.25) is 0 Å². The van der Waals surface area contributed by atoms with Gasteiger partial charge in [0.15, 0.2) is 11.6 Å². The molecule has 0 fully saturated rings. The molecule has 0 bridgehead atoms. The summed E-state index contributed by atoms with van der Waals surface area (Å²) >= 11 is 3.39. The predicted octanol–water partition coefficient (Wildman–Crippen LogP) is 5.54. The summed E-state index contributed by atoms with van der Waals surface area (Å²) in [7, 11) is 0. The Morgan fingerprint density at radius 2 is 1.93 bits per heavy atom. The fraction of sp³-hybridized carbons (Fsp3) is 0.0909. The van der Waals surface area contributed by atoms with Crippen molar-refractivity contribution in [3.63, 3.8) is 0 Å². The molecule has 30 heavy (non-hydrogen) atoms. The first-order valence-corrected chi connectivity index (χ1v) is 9.97. The number of halogens is 3. The van der Waals surface area contributed by atoms with E-state index < -0.39 is 11.6 Å². The van der Waals surface area contributed by atoms with Crippen LogP contribution in [0.2, 0.25) is 0 Å². The molecule has 0 saturated carbocycles. The number of nitrogens with one attached hydrogen (secondary N) is 2. The van der Waals surface area contributed by atoms with Gasteiger partial charge in [0.25, 0.3) is 0 Å². The number of H-pyrrole nitrogens is 1. The van der Waals surface area contributed by atoms with Crippen LogP contribution in [0.5, 0.6) is 5.75 Å². The van der Waals surface area contributed by atoms with E-state index >= 15 is 0 Å². The molecule has 4 aromatic rings. The highest BCUT2D eigenvalue weighted by Crippen LogP contribution is 2.35. The van der Waals surface area contributed by atoms with Crippen LogP contribution in [-0.4, -0.2) is 26.6 Å². The predicted molar refractivity (Wildman–Crippen MR) is 115 cm³/mol. The summed E-state index contributed by atoms with van der Waals surface area (Å²) in [6.07, 6.45) is 4.02. The summed E-state index contributed by atoms with van der Waals surface area (Å²) in [5.74, 6) is -1.35. The third-order valence-corrected chi connectivity index (χ3v) is 5.07. The van der Waals surface area contributed by atoms with Gasteiger partial charge in [-0.2, -0.15) is 0 Å². The van der Waals surface area contributed by atoms with E-state index in [0.717, 1.165) is 16.2 Å². The summed E-state index contributed by atoms with van der Waals surface area (Å²) in [4.78, 5) is 11.6. The molecule has 2 aromatic carbocycles. The van der Waals surface area contributed by atoms with Gasteiger partial charge in [-0.1, -0.05) is 28.1 Å². The minimum atomic E-state index is -0.934. The molecule has 152 valence electrons. The van der Waals surface area contributed by atoms with Crippen molar-refractivity contribution in [2.75, 3.05) is 11.9 Å². The van der Waals surface area contributed by atoms with Crippen molar-refractivity contribution in [1.29, 1.82) is 0 Å². The number of benzene rings is 2. The SMILES string of the molecule is Oc1ccc(Br)cc1-c1cc(-c2cccc(F)c2F)cc(NCCc2cnc[nH]2)n1. The van der Waals surface area contributed by atoms with Crippen LogP contribution >= 0.6 is 15.9 Å². The number of aromatic hydroxyl groups is 1. The van der Waals surface area contributed by atoms with Crippen molar-refractivity contribution in [2.45, 2.75) is 6.42 Å². The fourth-order valence-corrected chi connectivity index (χ4v) is 3.46. The van der Waals surface area contributed by atoms with Crippen molar-refractivity contribution in [3.8, 4) is 28.1 Å².